The van der Waals surface area contributed by atoms with Gasteiger partial charge in [-0.2, -0.15) is 0 Å². The molecule has 3 heterocycles. The molecule has 8 heteroatoms. The quantitative estimate of drug-likeness (QED) is 0.549. The van der Waals surface area contributed by atoms with Gasteiger partial charge in [-0.05, 0) is 32.9 Å². The number of hydrogen-bond acceptors (Lipinski definition) is 5. The highest BCUT2D eigenvalue weighted by Crippen LogP contribution is 2.21. The number of rotatable bonds is 5. The van der Waals surface area contributed by atoms with Gasteiger partial charge in [0.05, 0.1) is 23.2 Å². The molecule has 3 aromatic rings. The summed E-state index contributed by atoms with van der Waals surface area (Å²) in [5, 5.41) is 0.0830. The lowest BCUT2D eigenvalue weighted by molar-refractivity contribution is -0.129. The van der Waals surface area contributed by atoms with Crippen LogP contribution in [0, 0.1) is 13.8 Å². The predicted molar refractivity (Wildman–Crippen MR) is 101 cm³/mol. The maximum Gasteiger partial charge on any atom is 0.251 e. The second-order valence-corrected chi connectivity index (χ2v) is 7.55. The molecule has 7 nitrogen and oxygen atoms in total. The number of imidazole rings is 1. The lowest BCUT2D eigenvalue weighted by Crippen LogP contribution is -2.33. The number of carbonyl (C=O) groups excluding carboxylic acids is 1. The fourth-order valence-electron chi connectivity index (χ4n) is 2.79. The van der Waals surface area contributed by atoms with Gasteiger partial charge in [0.2, 0.25) is 5.91 Å². The van der Waals surface area contributed by atoms with E-state index >= 15 is 0 Å². The summed E-state index contributed by atoms with van der Waals surface area (Å²) in [5.41, 5.74) is 3.17. The maximum absolute atomic E-state index is 12.7. The van der Waals surface area contributed by atoms with Gasteiger partial charge >= 0.3 is 0 Å². The first-order valence-electron chi connectivity index (χ1n) is 8.27. The molecule has 0 aromatic carbocycles. The van der Waals surface area contributed by atoms with Crippen molar-refractivity contribution in [3.05, 3.63) is 57.9 Å². The number of carbonyl (C=O) groups is 1. The largest absolute Gasteiger partial charge is 0.339 e. The molecule has 0 saturated carbocycles. The Bertz CT molecular complexity index is 1010. The lowest BCUT2D eigenvalue weighted by Gasteiger charge is -2.21. The highest BCUT2D eigenvalue weighted by atomic mass is 32.2. The molecular formula is C18H21N5O2S. The SMILES string of the molecule is Cc1cc(=O)[nH]c(SC(C)C(=O)N(C)Cc2c(C)nc3ccccn23)n1. The zero-order valence-corrected chi connectivity index (χ0v) is 16.0. The van der Waals surface area contributed by atoms with Crippen molar-refractivity contribution in [1.29, 1.82) is 0 Å². The Hall–Kier alpha value is -2.61. The number of fused-ring (bicyclic) bond motifs is 1. The Morgan fingerprint density at radius 3 is 2.85 bits per heavy atom. The van der Waals surface area contributed by atoms with Gasteiger partial charge in [-0.25, -0.2) is 9.97 Å². The molecule has 1 unspecified atom stereocenters. The van der Waals surface area contributed by atoms with Crippen molar-refractivity contribution >= 4 is 23.3 Å². The predicted octanol–water partition coefficient (Wildman–Crippen LogP) is 2.17. The molecule has 0 aliphatic rings. The Labute approximate surface area is 155 Å². The van der Waals surface area contributed by atoms with Crippen molar-refractivity contribution in [1.82, 2.24) is 24.3 Å². The van der Waals surface area contributed by atoms with Crippen LogP contribution < -0.4 is 5.56 Å². The number of aromatic nitrogens is 4. The number of H-pyrrole nitrogens is 1. The summed E-state index contributed by atoms with van der Waals surface area (Å²) in [5.74, 6) is -0.0376. The fourth-order valence-corrected chi connectivity index (χ4v) is 3.76. The minimum Gasteiger partial charge on any atom is -0.339 e. The van der Waals surface area contributed by atoms with Gasteiger partial charge in [0, 0.05) is 25.0 Å². The molecule has 0 aliphatic carbocycles. The van der Waals surface area contributed by atoms with Crippen LogP contribution in [0.3, 0.4) is 0 Å². The Morgan fingerprint density at radius 1 is 1.35 bits per heavy atom. The van der Waals surface area contributed by atoms with Crippen LogP contribution in [0.1, 0.15) is 24.0 Å². The van der Waals surface area contributed by atoms with Crippen molar-refractivity contribution < 1.29 is 4.79 Å². The van der Waals surface area contributed by atoms with E-state index in [9.17, 15) is 9.59 Å². The number of nitrogens with zero attached hydrogens (tertiary/aromatic N) is 4. The molecule has 0 spiro atoms. The normalized spacial score (nSPS) is 12.3. The van der Waals surface area contributed by atoms with Crippen molar-refractivity contribution in [3.63, 3.8) is 0 Å². The summed E-state index contributed by atoms with van der Waals surface area (Å²) in [6.45, 7) is 5.97. The van der Waals surface area contributed by atoms with Crippen LogP contribution in [-0.4, -0.2) is 42.5 Å². The average molecular weight is 371 g/mol. The third-order valence-corrected chi connectivity index (χ3v) is 5.05. The first-order chi connectivity index (χ1) is 12.3. The van der Waals surface area contributed by atoms with E-state index < -0.39 is 0 Å². The summed E-state index contributed by atoms with van der Waals surface area (Å²) in [7, 11) is 1.77. The monoisotopic (exact) mass is 371 g/mol. The Kier molecular flexibility index (Phi) is 5.13. The molecular weight excluding hydrogens is 350 g/mol. The van der Waals surface area contributed by atoms with Crippen LogP contribution in [0.25, 0.3) is 5.65 Å². The van der Waals surface area contributed by atoms with Gasteiger partial charge in [-0.15, -0.1) is 0 Å². The number of aryl methyl sites for hydroxylation is 2. The van der Waals surface area contributed by atoms with Gasteiger partial charge in [0.1, 0.15) is 5.65 Å². The van der Waals surface area contributed by atoms with E-state index in [1.54, 1.807) is 18.9 Å². The molecule has 0 bridgehead atoms. The van der Waals surface area contributed by atoms with Crippen molar-refractivity contribution in [3.8, 4) is 0 Å². The molecule has 136 valence electrons. The lowest BCUT2D eigenvalue weighted by atomic mass is 10.3. The molecule has 3 aromatic heterocycles. The van der Waals surface area contributed by atoms with Gasteiger partial charge in [0.25, 0.3) is 5.56 Å². The van der Waals surface area contributed by atoms with E-state index in [0.717, 1.165) is 17.0 Å². The molecule has 26 heavy (non-hydrogen) atoms. The number of pyridine rings is 1. The molecule has 3 rings (SSSR count). The van der Waals surface area contributed by atoms with Crippen molar-refractivity contribution in [2.75, 3.05) is 7.05 Å². The highest BCUT2D eigenvalue weighted by Gasteiger charge is 2.21. The summed E-state index contributed by atoms with van der Waals surface area (Å²) in [4.78, 5) is 37.4. The van der Waals surface area contributed by atoms with Crippen molar-refractivity contribution in [2.24, 2.45) is 0 Å². The van der Waals surface area contributed by atoms with E-state index in [-0.39, 0.29) is 16.7 Å². The minimum absolute atomic E-state index is 0.0376. The third kappa shape index (κ3) is 3.80. The number of thioether (sulfide) groups is 1. The van der Waals surface area contributed by atoms with Crippen molar-refractivity contribution in [2.45, 2.75) is 37.7 Å². The standard InChI is InChI=1S/C18H21N5O2S/c1-11-9-16(24)21-18(19-11)26-13(3)17(25)22(4)10-14-12(2)20-15-7-5-6-8-23(14)15/h5-9,13H,10H2,1-4H3,(H,19,21,24). The van der Waals surface area contributed by atoms with Gasteiger partial charge in [-0.1, -0.05) is 17.8 Å². The molecule has 0 radical (unpaired) electrons. The minimum atomic E-state index is -0.371. The van der Waals surface area contributed by atoms with Crippen LogP contribution in [0.5, 0.6) is 0 Å². The number of amides is 1. The third-order valence-electron chi connectivity index (χ3n) is 4.08. The molecule has 1 amide bonds. The molecule has 0 aliphatic heterocycles. The molecule has 0 saturated heterocycles. The van der Waals surface area contributed by atoms with E-state index in [2.05, 4.69) is 15.0 Å². The summed E-state index contributed by atoms with van der Waals surface area (Å²) >= 11 is 1.25. The zero-order valence-electron chi connectivity index (χ0n) is 15.2. The van der Waals surface area contributed by atoms with E-state index in [0.29, 0.717) is 17.4 Å². The van der Waals surface area contributed by atoms with Crippen LogP contribution in [0.15, 0.2) is 40.4 Å². The van der Waals surface area contributed by atoms with E-state index in [1.807, 2.05) is 42.6 Å². The van der Waals surface area contributed by atoms with Crippen LogP contribution in [0.4, 0.5) is 0 Å². The molecule has 0 fully saturated rings. The van der Waals surface area contributed by atoms with Crippen LogP contribution in [0.2, 0.25) is 0 Å². The molecule has 1 atom stereocenters. The Balaban J connectivity index is 1.74. The summed E-state index contributed by atoms with van der Waals surface area (Å²) in [6, 6.07) is 7.25. The first-order valence-corrected chi connectivity index (χ1v) is 9.15. The van der Waals surface area contributed by atoms with Gasteiger partial charge in [-0.3, -0.25) is 9.59 Å². The van der Waals surface area contributed by atoms with Crippen LogP contribution in [-0.2, 0) is 11.3 Å². The number of aromatic amines is 1. The summed E-state index contributed by atoms with van der Waals surface area (Å²) < 4.78 is 2.00. The second kappa shape index (κ2) is 7.33. The maximum atomic E-state index is 12.7. The fraction of sp³-hybridized carbons (Fsp3) is 0.333. The van der Waals surface area contributed by atoms with E-state index in [1.165, 1.54) is 17.8 Å². The number of hydrogen-bond donors (Lipinski definition) is 1. The highest BCUT2D eigenvalue weighted by molar-refractivity contribution is 8.00. The smallest absolute Gasteiger partial charge is 0.251 e. The first kappa shape index (κ1) is 18.2. The zero-order chi connectivity index (χ0) is 18.8. The topological polar surface area (TPSA) is 83.4 Å². The summed E-state index contributed by atoms with van der Waals surface area (Å²) in [6.07, 6.45) is 1.95. The average Bonchev–Trinajstić information content (AvgIpc) is 2.89. The second-order valence-electron chi connectivity index (χ2n) is 6.22. The van der Waals surface area contributed by atoms with Crippen LogP contribution >= 0.6 is 11.8 Å². The molecule has 1 N–H and O–H groups in total. The van der Waals surface area contributed by atoms with Gasteiger partial charge in [0.15, 0.2) is 5.16 Å². The Morgan fingerprint density at radius 2 is 2.12 bits per heavy atom. The number of nitrogens with one attached hydrogen (secondary N) is 1. The van der Waals surface area contributed by atoms with Gasteiger partial charge < -0.3 is 14.3 Å². The van der Waals surface area contributed by atoms with E-state index in [4.69, 9.17) is 0 Å².